The van der Waals surface area contributed by atoms with E-state index >= 15 is 0 Å². The second kappa shape index (κ2) is 4.59. The van der Waals surface area contributed by atoms with Gasteiger partial charge in [0.1, 0.15) is 12.8 Å². The SMILES string of the molecule is CC(C)C(=O)N1CC2(C1)ON(CC=O)c1ccccc12. The van der Waals surface area contributed by atoms with Gasteiger partial charge in [-0.1, -0.05) is 32.0 Å². The Morgan fingerprint density at radius 1 is 1.40 bits per heavy atom. The number of nitrogens with zero attached hydrogens (tertiary/aromatic N) is 2. The molecule has 2 aliphatic heterocycles. The van der Waals surface area contributed by atoms with Crippen molar-refractivity contribution in [3.05, 3.63) is 29.8 Å². The predicted octanol–water partition coefficient (Wildman–Crippen LogP) is 1.33. The van der Waals surface area contributed by atoms with Crippen molar-refractivity contribution >= 4 is 17.9 Å². The Labute approximate surface area is 118 Å². The lowest BCUT2D eigenvalue weighted by Crippen LogP contribution is -2.62. The van der Waals surface area contributed by atoms with Crippen LogP contribution in [0.1, 0.15) is 19.4 Å². The van der Waals surface area contributed by atoms with E-state index in [9.17, 15) is 9.59 Å². The van der Waals surface area contributed by atoms with E-state index in [-0.39, 0.29) is 18.4 Å². The number of amides is 1. The molecule has 0 saturated carbocycles. The Kier molecular flexibility index (Phi) is 3.01. The third kappa shape index (κ3) is 1.81. The fraction of sp³-hybridized carbons (Fsp3) is 0.467. The molecule has 0 aliphatic carbocycles. The quantitative estimate of drug-likeness (QED) is 0.780. The summed E-state index contributed by atoms with van der Waals surface area (Å²) in [6, 6.07) is 7.84. The zero-order valence-corrected chi connectivity index (χ0v) is 11.7. The van der Waals surface area contributed by atoms with E-state index in [4.69, 9.17) is 4.84 Å². The summed E-state index contributed by atoms with van der Waals surface area (Å²) in [5, 5.41) is 1.62. The van der Waals surface area contributed by atoms with Gasteiger partial charge in [-0.2, -0.15) is 0 Å². The molecule has 0 bridgehead atoms. The highest BCUT2D eigenvalue weighted by Gasteiger charge is 2.54. The maximum absolute atomic E-state index is 12.0. The van der Waals surface area contributed by atoms with Gasteiger partial charge in [-0.15, -0.1) is 0 Å². The van der Waals surface area contributed by atoms with Gasteiger partial charge in [-0.3, -0.25) is 9.63 Å². The first-order valence-electron chi connectivity index (χ1n) is 6.86. The molecule has 20 heavy (non-hydrogen) atoms. The molecule has 5 heteroatoms. The van der Waals surface area contributed by atoms with E-state index in [0.717, 1.165) is 17.5 Å². The van der Waals surface area contributed by atoms with Crippen molar-refractivity contribution in [2.24, 2.45) is 5.92 Å². The van der Waals surface area contributed by atoms with Crippen LogP contribution < -0.4 is 5.06 Å². The number of benzene rings is 1. The van der Waals surface area contributed by atoms with Gasteiger partial charge in [0.15, 0.2) is 5.60 Å². The molecule has 106 valence electrons. The van der Waals surface area contributed by atoms with Crippen molar-refractivity contribution in [1.82, 2.24) is 4.90 Å². The molecule has 1 fully saturated rings. The molecule has 0 aromatic heterocycles. The number of hydroxylamine groups is 1. The van der Waals surface area contributed by atoms with Crippen LogP contribution in [0.4, 0.5) is 5.69 Å². The summed E-state index contributed by atoms with van der Waals surface area (Å²) in [4.78, 5) is 30.5. The molecule has 3 rings (SSSR count). The molecule has 2 heterocycles. The summed E-state index contributed by atoms with van der Waals surface area (Å²) in [6.45, 7) is 5.11. The van der Waals surface area contributed by atoms with E-state index < -0.39 is 5.60 Å². The second-order valence-electron chi connectivity index (χ2n) is 5.68. The first-order chi connectivity index (χ1) is 9.57. The standard InChI is InChI=1S/C15H18N2O3/c1-11(2)14(19)16-9-15(10-16)12-5-3-4-6-13(12)17(20-15)7-8-18/h3-6,8,11H,7,9-10H2,1-2H3. The first-order valence-corrected chi connectivity index (χ1v) is 6.86. The van der Waals surface area contributed by atoms with Crippen LogP contribution in [0.25, 0.3) is 0 Å². The minimum absolute atomic E-state index is 0.00456. The highest BCUT2D eigenvalue weighted by molar-refractivity contribution is 5.80. The lowest BCUT2D eigenvalue weighted by atomic mass is 9.85. The normalized spacial score (nSPS) is 19.1. The Bertz CT molecular complexity index is 550. The zero-order chi connectivity index (χ0) is 14.3. The van der Waals surface area contributed by atoms with Crippen LogP contribution in [0.2, 0.25) is 0 Å². The topological polar surface area (TPSA) is 49.9 Å². The number of hydrogen-bond acceptors (Lipinski definition) is 4. The van der Waals surface area contributed by atoms with Crippen molar-refractivity contribution in [2.45, 2.75) is 19.4 Å². The lowest BCUT2D eigenvalue weighted by Gasteiger charge is -2.47. The van der Waals surface area contributed by atoms with E-state index in [2.05, 4.69) is 0 Å². The Balaban J connectivity index is 1.84. The number of anilines is 1. The van der Waals surface area contributed by atoms with Gasteiger partial charge in [0.25, 0.3) is 0 Å². The molecular weight excluding hydrogens is 256 g/mol. The maximum atomic E-state index is 12.0. The average molecular weight is 274 g/mol. The summed E-state index contributed by atoms with van der Waals surface area (Å²) < 4.78 is 0. The number of rotatable bonds is 3. The summed E-state index contributed by atoms with van der Waals surface area (Å²) in [5.74, 6) is 0.139. The summed E-state index contributed by atoms with van der Waals surface area (Å²) >= 11 is 0. The molecule has 0 N–H and O–H groups in total. The lowest BCUT2D eigenvalue weighted by molar-refractivity contribution is -0.172. The van der Waals surface area contributed by atoms with Crippen molar-refractivity contribution in [3.63, 3.8) is 0 Å². The first kappa shape index (κ1) is 13.1. The highest BCUT2D eigenvalue weighted by Crippen LogP contribution is 2.47. The van der Waals surface area contributed by atoms with Gasteiger partial charge in [0, 0.05) is 11.5 Å². The van der Waals surface area contributed by atoms with Crippen LogP contribution in [-0.4, -0.2) is 36.7 Å². The molecular formula is C15H18N2O3. The van der Waals surface area contributed by atoms with Gasteiger partial charge >= 0.3 is 0 Å². The van der Waals surface area contributed by atoms with Crippen LogP contribution in [0.15, 0.2) is 24.3 Å². The molecule has 1 aromatic carbocycles. The van der Waals surface area contributed by atoms with Crippen molar-refractivity contribution in [1.29, 1.82) is 0 Å². The number of fused-ring (bicyclic) bond motifs is 2. The average Bonchev–Trinajstić information content (AvgIpc) is 2.72. The Hall–Kier alpha value is -1.88. The summed E-state index contributed by atoms with van der Waals surface area (Å²) in [6.07, 6.45) is 0.825. The molecule has 5 nitrogen and oxygen atoms in total. The maximum Gasteiger partial charge on any atom is 0.225 e. The van der Waals surface area contributed by atoms with Crippen LogP contribution in [-0.2, 0) is 20.0 Å². The van der Waals surface area contributed by atoms with Crippen molar-refractivity contribution in [2.75, 3.05) is 24.7 Å². The van der Waals surface area contributed by atoms with E-state index in [0.29, 0.717) is 13.1 Å². The van der Waals surface area contributed by atoms with Crippen molar-refractivity contribution in [3.8, 4) is 0 Å². The second-order valence-corrected chi connectivity index (χ2v) is 5.68. The van der Waals surface area contributed by atoms with Crippen LogP contribution in [0.5, 0.6) is 0 Å². The van der Waals surface area contributed by atoms with E-state index in [1.54, 1.807) is 5.06 Å². The van der Waals surface area contributed by atoms with Gasteiger partial charge < -0.3 is 9.69 Å². The number of para-hydroxylation sites is 1. The number of aldehydes is 1. The molecule has 1 spiro atoms. The van der Waals surface area contributed by atoms with Crippen LogP contribution in [0, 0.1) is 5.92 Å². The Morgan fingerprint density at radius 3 is 2.75 bits per heavy atom. The monoisotopic (exact) mass is 274 g/mol. The smallest absolute Gasteiger partial charge is 0.225 e. The minimum Gasteiger partial charge on any atom is -0.336 e. The third-order valence-corrected chi connectivity index (χ3v) is 3.89. The third-order valence-electron chi connectivity index (χ3n) is 3.89. The molecule has 0 unspecified atom stereocenters. The minimum atomic E-state index is -0.468. The Morgan fingerprint density at radius 2 is 2.10 bits per heavy atom. The van der Waals surface area contributed by atoms with Gasteiger partial charge in [0.05, 0.1) is 18.8 Å². The zero-order valence-electron chi connectivity index (χ0n) is 11.7. The molecule has 1 amide bonds. The van der Waals surface area contributed by atoms with Crippen LogP contribution >= 0.6 is 0 Å². The number of likely N-dealkylation sites (tertiary alicyclic amines) is 1. The number of carbonyl (C=O) groups excluding carboxylic acids is 2. The van der Waals surface area contributed by atoms with E-state index in [1.807, 2.05) is 43.0 Å². The molecule has 1 aromatic rings. The van der Waals surface area contributed by atoms with Gasteiger partial charge in [-0.05, 0) is 6.07 Å². The predicted molar refractivity (Wildman–Crippen MR) is 74.0 cm³/mol. The molecule has 2 aliphatic rings. The fourth-order valence-electron chi connectivity index (χ4n) is 2.91. The van der Waals surface area contributed by atoms with E-state index in [1.165, 1.54) is 0 Å². The number of carbonyl (C=O) groups is 2. The fourth-order valence-corrected chi connectivity index (χ4v) is 2.91. The van der Waals surface area contributed by atoms with Crippen LogP contribution in [0.3, 0.4) is 0 Å². The molecule has 1 saturated heterocycles. The molecule has 0 atom stereocenters. The van der Waals surface area contributed by atoms with Crippen molar-refractivity contribution < 1.29 is 14.4 Å². The number of hydrogen-bond donors (Lipinski definition) is 0. The highest BCUT2D eigenvalue weighted by atomic mass is 16.7. The molecule has 0 radical (unpaired) electrons. The largest absolute Gasteiger partial charge is 0.336 e. The van der Waals surface area contributed by atoms with Gasteiger partial charge in [-0.25, -0.2) is 5.06 Å². The summed E-state index contributed by atoms with van der Waals surface area (Å²) in [5.41, 5.74) is 1.52. The summed E-state index contributed by atoms with van der Waals surface area (Å²) in [7, 11) is 0. The van der Waals surface area contributed by atoms with Gasteiger partial charge in [0.2, 0.25) is 5.91 Å².